The molecule has 0 bridgehead atoms. The summed E-state index contributed by atoms with van der Waals surface area (Å²) in [5, 5.41) is 4.85. The van der Waals surface area contributed by atoms with Crippen LogP contribution in [0.25, 0.3) is 27.9 Å². The van der Waals surface area contributed by atoms with Crippen molar-refractivity contribution < 1.29 is 4.79 Å². The summed E-state index contributed by atoms with van der Waals surface area (Å²) in [4.78, 5) is 30.2. The maximum atomic E-state index is 12.1. The van der Waals surface area contributed by atoms with E-state index in [0.717, 1.165) is 27.4 Å². The smallest absolute Gasteiger partial charge is 0.255 e. The van der Waals surface area contributed by atoms with Crippen molar-refractivity contribution in [3.8, 4) is 0 Å². The normalized spacial score (nSPS) is 11.4. The molecular weight excluding hydrogens is 326 g/mol. The second kappa shape index (κ2) is 6.72. The number of rotatable bonds is 4. The number of amides is 1. The standard InChI is InChI=1S/C21H17N3O2/c25-20(23-13-16-12-22-19-8-4-2-6-17(16)19)10-9-15-11-14-5-1-3-7-18(14)24-21(15)26/h1-12,22H,13H2,(H,23,25)(H,24,26)/b10-9+. The molecule has 0 saturated heterocycles. The van der Waals surface area contributed by atoms with Gasteiger partial charge in [0.15, 0.2) is 0 Å². The Morgan fingerprint density at radius 3 is 2.69 bits per heavy atom. The van der Waals surface area contributed by atoms with Gasteiger partial charge >= 0.3 is 0 Å². The van der Waals surface area contributed by atoms with Crippen molar-refractivity contribution in [3.63, 3.8) is 0 Å². The Kier molecular flexibility index (Phi) is 4.11. The molecule has 0 aliphatic carbocycles. The molecule has 0 atom stereocenters. The number of nitrogens with one attached hydrogen (secondary N) is 3. The van der Waals surface area contributed by atoms with E-state index >= 15 is 0 Å². The predicted molar refractivity (Wildman–Crippen MR) is 104 cm³/mol. The third kappa shape index (κ3) is 3.15. The fourth-order valence-electron chi connectivity index (χ4n) is 2.97. The minimum Gasteiger partial charge on any atom is -0.361 e. The van der Waals surface area contributed by atoms with Gasteiger partial charge in [-0.05, 0) is 35.2 Å². The van der Waals surface area contributed by atoms with E-state index in [1.807, 2.05) is 54.7 Å². The molecule has 4 rings (SSSR count). The molecule has 0 spiro atoms. The maximum Gasteiger partial charge on any atom is 0.255 e. The predicted octanol–water partition coefficient (Wildman–Crippen LogP) is 3.34. The number of H-pyrrole nitrogens is 2. The molecule has 4 aromatic rings. The Bertz CT molecular complexity index is 1180. The minimum absolute atomic E-state index is 0.218. The zero-order chi connectivity index (χ0) is 17.9. The Balaban J connectivity index is 1.48. The van der Waals surface area contributed by atoms with Gasteiger partial charge in [-0.2, -0.15) is 0 Å². The Hall–Kier alpha value is -3.60. The van der Waals surface area contributed by atoms with Crippen LogP contribution in [0.15, 0.2) is 71.7 Å². The van der Waals surface area contributed by atoms with Crippen molar-refractivity contribution in [1.29, 1.82) is 0 Å². The van der Waals surface area contributed by atoms with E-state index in [1.165, 1.54) is 12.2 Å². The maximum absolute atomic E-state index is 12.1. The molecule has 26 heavy (non-hydrogen) atoms. The number of carbonyl (C=O) groups excluding carboxylic acids is 1. The van der Waals surface area contributed by atoms with Gasteiger partial charge in [0.2, 0.25) is 5.91 Å². The summed E-state index contributed by atoms with van der Waals surface area (Å²) >= 11 is 0. The van der Waals surface area contributed by atoms with Crippen molar-refractivity contribution in [2.24, 2.45) is 0 Å². The summed E-state index contributed by atoms with van der Waals surface area (Å²) in [5.41, 5.74) is 3.06. The van der Waals surface area contributed by atoms with Crippen molar-refractivity contribution in [2.45, 2.75) is 6.54 Å². The highest BCUT2D eigenvalue weighted by Gasteiger charge is 2.04. The van der Waals surface area contributed by atoms with Crippen LogP contribution in [0, 0.1) is 0 Å². The number of carbonyl (C=O) groups is 1. The monoisotopic (exact) mass is 343 g/mol. The average molecular weight is 343 g/mol. The molecule has 0 radical (unpaired) electrons. The van der Waals surface area contributed by atoms with Crippen LogP contribution >= 0.6 is 0 Å². The van der Waals surface area contributed by atoms with Gasteiger partial charge in [0.05, 0.1) is 0 Å². The zero-order valence-electron chi connectivity index (χ0n) is 14.0. The number of aromatic amines is 2. The molecule has 1 amide bonds. The molecule has 0 unspecified atom stereocenters. The summed E-state index contributed by atoms with van der Waals surface area (Å²) in [6.07, 6.45) is 4.81. The van der Waals surface area contributed by atoms with Crippen molar-refractivity contribution >= 4 is 33.8 Å². The largest absolute Gasteiger partial charge is 0.361 e. The Morgan fingerprint density at radius 1 is 1.04 bits per heavy atom. The van der Waals surface area contributed by atoms with E-state index in [2.05, 4.69) is 15.3 Å². The van der Waals surface area contributed by atoms with E-state index in [-0.39, 0.29) is 11.5 Å². The number of para-hydroxylation sites is 2. The van der Waals surface area contributed by atoms with Gasteiger partial charge < -0.3 is 15.3 Å². The molecule has 0 fully saturated rings. The molecule has 3 N–H and O–H groups in total. The van der Waals surface area contributed by atoms with E-state index < -0.39 is 0 Å². The first-order valence-electron chi connectivity index (χ1n) is 8.34. The van der Waals surface area contributed by atoms with Crippen molar-refractivity contribution in [3.05, 3.63) is 88.4 Å². The SMILES string of the molecule is O=C(/C=C/c1cc2ccccc2[nH]c1=O)NCc1c[nH]c2ccccc12. The van der Waals surface area contributed by atoms with Crippen molar-refractivity contribution in [2.75, 3.05) is 0 Å². The van der Waals surface area contributed by atoms with Crippen LogP contribution in [-0.4, -0.2) is 15.9 Å². The molecule has 5 nitrogen and oxygen atoms in total. The van der Waals surface area contributed by atoms with Crippen LogP contribution in [-0.2, 0) is 11.3 Å². The first-order valence-corrected chi connectivity index (χ1v) is 8.34. The number of pyridine rings is 1. The first-order chi connectivity index (χ1) is 12.7. The lowest BCUT2D eigenvalue weighted by atomic mass is 10.1. The average Bonchev–Trinajstić information content (AvgIpc) is 3.08. The lowest BCUT2D eigenvalue weighted by Gasteiger charge is -2.01. The van der Waals surface area contributed by atoms with E-state index in [1.54, 1.807) is 6.07 Å². The third-order valence-corrected chi connectivity index (χ3v) is 4.32. The number of aromatic nitrogens is 2. The zero-order valence-corrected chi connectivity index (χ0v) is 14.0. The van der Waals surface area contributed by atoms with Gasteiger partial charge in [-0.3, -0.25) is 9.59 Å². The van der Waals surface area contributed by atoms with E-state index in [0.29, 0.717) is 12.1 Å². The lowest BCUT2D eigenvalue weighted by molar-refractivity contribution is -0.116. The van der Waals surface area contributed by atoms with Gasteiger partial charge in [-0.1, -0.05) is 36.4 Å². The summed E-state index contributed by atoms with van der Waals surface area (Å²) < 4.78 is 0. The number of fused-ring (bicyclic) bond motifs is 2. The summed E-state index contributed by atoms with van der Waals surface area (Å²) in [6.45, 7) is 0.418. The summed E-state index contributed by atoms with van der Waals surface area (Å²) in [7, 11) is 0. The fraction of sp³-hybridized carbons (Fsp3) is 0.0476. The molecule has 0 aliphatic rings. The first kappa shape index (κ1) is 15.9. The molecule has 128 valence electrons. The highest BCUT2D eigenvalue weighted by atomic mass is 16.1. The van der Waals surface area contributed by atoms with Crippen LogP contribution < -0.4 is 10.9 Å². The third-order valence-electron chi connectivity index (χ3n) is 4.32. The van der Waals surface area contributed by atoms with Crippen LogP contribution in [0.1, 0.15) is 11.1 Å². The highest BCUT2D eigenvalue weighted by Crippen LogP contribution is 2.17. The Morgan fingerprint density at radius 2 is 1.81 bits per heavy atom. The molecule has 0 saturated carbocycles. The van der Waals surface area contributed by atoms with Crippen molar-refractivity contribution in [1.82, 2.24) is 15.3 Å². The molecule has 2 heterocycles. The summed E-state index contributed by atoms with van der Waals surface area (Å²) in [6, 6.07) is 17.2. The Labute approximate surface area is 149 Å². The van der Waals surface area contributed by atoms with Crippen LogP contribution in [0.4, 0.5) is 0 Å². The fourth-order valence-corrected chi connectivity index (χ4v) is 2.97. The summed E-state index contributed by atoms with van der Waals surface area (Å²) in [5.74, 6) is -0.247. The van der Waals surface area contributed by atoms with Crippen LogP contribution in [0.2, 0.25) is 0 Å². The number of hydrogen-bond donors (Lipinski definition) is 3. The number of hydrogen-bond acceptors (Lipinski definition) is 2. The number of benzene rings is 2. The highest BCUT2D eigenvalue weighted by molar-refractivity contribution is 5.93. The van der Waals surface area contributed by atoms with Gasteiger partial charge in [0, 0.05) is 40.8 Å². The molecule has 2 aromatic heterocycles. The lowest BCUT2D eigenvalue weighted by Crippen LogP contribution is -2.20. The van der Waals surface area contributed by atoms with Crippen LogP contribution in [0.5, 0.6) is 0 Å². The topological polar surface area (TPSA) is 77.8 Å². The van der Waals surface area contributed by atoms with E-state index in [4.69, 9.17) is 0 Å². The van der Waals surface area contributed by atoms with Gasteiger partial charge in [-0.15, -0.1) is 0 Å². The minimum atomic E-state index is -0.247. The molecular formula is C21H17N3O2. The molecule has 5 heteroatoms. The van der Waals surface area contributed by atoms with Crippen LogP contribution in [0.3, 0.4) is 0 Å². The quantitative estimate of drug-likeness (QED) is 0.497. The second-order valence-electron chi connectivity index (χ2n) is 6.05. The van der Waals surface area contributed by atoms with Gasteiger partial charge in [0.1, 0.15) is 0 Å². The van der Waals surface area contributed by atoms with E-state index in [9.17, 15) is 9.59 Å². The molecule has 0 aliphatic heterocycles. The molecule has 2 aromatic carbocycles. The van der Waals surface area contributed by atoms with Gasteiger partial charge in [0.25, 0.3) is 5.56 Å². The van der Waals surface area contributed by atoms with Gasteiger partial charge in [-0.25, -0.2) is 0 Å². The second-order valence-corrected chi connectivity index (χ2v) is 6.05.